The first kappa shape index (κ1) is 14.9. The number of rotatable bonds is 5. The van der Waals surface area contributed by atoms with Crippen LogP contribution in [0.3, 0.4) is 0 Å². The zero-order valence-corrected chi connectivity index (χ0v) is 12.8. The van der Waals surface area contributed by atoms with Gasteiger partial charge in [0.2, 0.25) is 0 Å². The first-order valence-corrected chi connectivity index (χ1v) is 7.56. The van der Waals surface area contributed by atoms with Gasteiger partial charge in [-0.25, -0.2) is 4.79 Å². The van der Waals surface area contributed by atoms with Crippen molar-refractivity contribution < 1.29 is 9.90 Å². The van der Waals surface area contributed by atoms with E-state index in [2.05, 4.69) is 5.10 Å². The summed E-state index contributed by atoms with van der Waals surface area (Å²) in [6.45, 7) is 4.83. The monoisotopic (exact) mass is 310 g/mol. The fraction of sp³-hybridized carbons (Fsp3) is 0.286. The second-order valence-corrected chi connectivity index (χ2v) is 5.78. The summed E-state index contributed by atoms with van der Waals surface area (Å²) in [5.41, 5.74) is 2.25. The Morgan fingerprint density at radius 3 is 2.85 bits per heavy atom. The third-order valence-electron chi connectivity index (χ3n) is 2.84. The van der Waals surface area contributed by atoms with Crippen LogP contribution in [0.2, 0.25) is 5.02 Å². The zero-order chi connectivity index (χ0) is 14.7. The quantitative estimate of drug-likeness (QED) is 0.852. The molecule has 6 heteroatoms. The van der Waals surface area contributed by atoms with Crippen molar-refractivity contribution in [2.75, 3.05) is 0 Å². The minimum absolute atomic E-state index is 0.136. The lowest BCUT2D eigenvalue weighted by atomic mass is 10.2. The van der Waals surface area contributed by atoms with Crippen LogP contribution in [0.4, 0.5) is 0 Å². The molecule has 0 aliphatic heterocycles. The number of carbonyl (C=O) groups is 1. The number of benzene rings is 1. The number of carboxylic acids is 1. The van der Waals surface area contributed by atoms with Crippen LogP contribution in [0.15, 0.2) is 29.2 Å². The summed E-state index contributed by atoms with van der Waals surface area (Å²) in [7, 11) is 0. The molecule has 1 N–H and O–H groups in total. The fourth-order valence-electron chi connectivity index (χ4n) is 1.90. The largest absolute Gasteiger partial charge is 0.478 e. The van der Waals surface area contributed by atoms with Crippen LogP contribution in [-0.4, -0.2) is 20.9 Å². The molecular formula is C14H15ClN2O2S. The minimum atomic E-state index is -1.01. The third kappa shape index (κ3) is 3.35. The van der Waals surface area contributed by atoms with Crippen molar-refractivity contribution in [2.24, 2.45) is 0 Å². The molecule has 0 spiro atoms. The lowest BCUT2D eigenvalue weighted by molar-refractivity contribution is 0.0697. The maximum Gasteiger partial charge on any atom is 0.337 e. The molecular weight excluding hydrogens is 296 g/mol. The number of aromatic carboxylic acids is 1. The Labute approximate surface area is 126 Å². The number of nitrogens with zero attached hydrogens (tertiary/aromatic N) is 2. The van der Waals surface area contributed by atoms with E-state index in [4.69, 9.17) is 16.7 Å². The van der Waals surface area contributed by atoms with Crippen molar-refractivity contribution >= 4 is 29.3 Å². The van der Waals surface area contributed by atoms with Crippen molar-refractivity contribution in [1.29, 1.82) is 0 Å². The normalized spacial score (nSPS) is 10.8. The smallest absolute Gasteiger partial charge is 0.337 e. The van der Waals surface area contributed by atoms with Crippen LogP contribution >= 0.6 is 23.4 Å². The average Bonchev–Trinajstić information content (AvgIpc) is 2.77. The predicted molar refractivity (Wildman–Crippen MR) is 80.6 cm³/mol. The maximum absolute atomic E-state index is 11.0. The molecule has 0 amide bonds. The molecule has 0 radical (unpaired) electrons. The number of thioether (sulfide) groups is 1. The van der Waals surface area contributed by atoms with E-state index in [-0.39, 0.29) is 10.6 Å². The Hall–Kier alpha value is -1.46. The molecule has 4 nitrogen and oxygen atoms in total. The Kier molecular flexibility index (Phi) is 4.73. The van der Waals surface area contributed by atoms with Crippen molar-refractivity contribution in [2.45, 2.75) is 31.0 Å². The van der Waals surface area contributed by atoms with Crippen LogP contribution in [0, 0.1) is 6.92 Å². The van der Waals surface area contributed by atoms with E-state index in [0.717, 1.165) is 28.6 Å². The summed E-state index contributed by atoms with van der Waals surface area (Å²) >= 11 is 7.43. The van der Waals surface area contributed by atoms with Gasteiger partial charge in [-0.05, 0) is 38.1 Å². The second-order valence-electron chi connectivity index (χ2n) is 4.33. The first-order chi connectivity index (χ1) is 9.51. The highest BCUT2D eigenvalue weighted by atomic mass is 35.5. The van der Waals surface area contributed by atoms with E-state index in [1.807, 2.05) is 30.7 Å². The Morgan fingerprint density at radius 1 is 1.45 bits per heavy atom. The lowest BCUT2D eigenvalue weighted by Gasteiger charge is -2.06. The standard InChI is InChI=1S/C14H15ClN2O2S/c1-3-17-10(6-9(2)16-17)8-20-11-4-5-13(15)12(7-11)14(18)19/h4-7H,3,8H2,1-2H3,(H,18,19). The average molecular weight is 311 g/mol. The Bertz CT molecular complexity index is 640. The molecule has 0 unspecified atom stereocenters. The number of hydrogen-bond acceptors (Lipinski definition) is 3. The molecule has 1 aromatic carbocycles. The van der Waals surface area contributed by atoms with Crippen molar-refractivity contribution in [3.63, 3.8) is 0 Å². The summed E-state index contributed by atoms with van der Waals surface area (Å²) in [5, 5.41) is 13.7. The predicted octanol–water partition coefficient (Wildman–Crippen LogP) is 3.86. The molecule has 1 aromatic heterocycles. The maximum atomic E-state index is 11.0. The molecule has 0 saturated heterocycles. The first-order valence-electron chi connectivity index (χ1n) is 6.20. The summed E-state index contributed by atoms with van der Waals surface area (Å²) < 4.78 is 1.95. The number of aryl methyl sites for hydroxylation is 2. The summed E-state index contributed by atoms with van der Waals surface area (Å²) in [6, 6.07) is 7.11. The Morgan fingerprint density at radius 2 is 2.20 bits per heavy atom. The van der Waals surface area contributed by atoms with Gasteiger partial charge >= 0.3 is 5.97 Å². The Balaban J connectivity index is 2.14. The highest BCUT2D eigenvalue weighted by Gasteiger charge is 2.10. The molecule has 1 heterocycles. The van der Waals surface area contributed by atoms with Crippen LogP contribution in [0.5, 0.6) is 0 Å². The zero-order valence-electron chi connectivity index (χ0n) is 11.3. The van der Waals surface area contributed by atoms with Crippen LogP contribution in [-0.2, 0) is 12.3 Å². The van der Waals surface area contributed by atoms with Gasteiger partial charge in [0.25, 0.3) is 0 Å². The van der Waals surface area contributed by atoms with Crippen molar-refractivity contribution in [1.82, 2.24) is 9.78 Å². The molecule has 20 heavy (non-hydrogen) atoms. The van der Waals surface area contributed by atoms with Gasteiger partial charge in [0.05, 0.1) is 16.3 Å². The number of aromatic nitrogens is 2. The van der Waals surface area contributed by atoms with Crippen LogP contribution in [0.25, 0.3) is 0 Å². The van der Waals surface area contributed by atoms with E-state index in [1.165, 1.54) is 0 Å². The molecule has 0 aliphatic carbocycles. The van der Waals surface area contributed by atoms with Gasteiger partial charge in [0.15, 0.2) is 0 Å². The van der Waals surface area contributed by atoms with E-state index in [0.29, 0.717) is 0 Å². The molecule has 2 rings (SSSR count). The van der Waals surface area contributed by atoms with Crippen LogP contribution in [0.1, 0.15) is 28.7 Å². The van der Waals surface area contributed by atoms with E-state index in [9.17, 15) is 4.79 Å². The molecule has 0 atom stereocenters. The van der Waals surface area contributed by atoms with Gasteiger partial charge in [0, 0.05) is 22.9 Å². The summed E-state index contributed by atoms with van der Waals surface area (Å²) in [6.07, 6.45) is 0. The minimum Gasteiger partial charge on any atom is -0.478 e. The van der Waals surface area contributed by atoms with Gasteiger partial charge in [-0.2, -0.15) is 5.10 Å². The van der Waals surface area contributed by atoms with E-state index < -0.39 is 5.97 Å². The molecule has 106 valence electrons. The fourth-order valence-corrected chi connectivity index (χ4v) is 3.02. The lowest BCUT2D eigenvalue weighted by Crippen LogP contribution is -2.01. The van der Waals surface area contributed by atoms with Gasteiger partial charge < -0.3 is 5.11 Å². The van der Waals surface area contributed by atoms with Crippen molar-refractivity contribution in [3.05, 3.63) is 46.2 Å². The van der Waals surface area contributed by atoms with Crippen LogP contribution < -0.4 is 0 Å². The molecule has 0 bridgehead atoms. The summed E-state index contributed by atoms with van der Waals surface area (Å²) in [5.74, 6) is -0.262. The van der Waals surface area contributed by atoms with Gasteiger partial charge in [-0.1, -0.05) is 11.6 Å². The molecule has 0 saturated carbocycles. The molecule has 2 aromatic rings. The second kappa shape index (κ2) is 6.33. The van der Waals surface area contributed by atoms with E-state index in [1.54, 1.807) is 23.9 Å². The van der Waals surface area contributed by atoms with Gasteiger partial charge in [-0.3, -0.25) is 4.68 Å². The molecule has 0 fully saturated rings. The molecule has 0 aliphatic rings. The van der Waals surface area contributed by atoms with Crippen molar-refractivity contribution in [3.8, 4) is 0 Å². The van der Waals surface area contributed by atoms with Gasteiger partial charge in [-0.15, -0.1) is 11.8 Å². The third-order valence-corrected chi connectivity index (χ3v) is 4.20. The summed E-state index contributed by atoms with van der Waals surface area (Å²) in [4.78, 5) is 11.9. The highest BCUT2D eigenvalue weighted by molar-refractivity contribution is 7.98. The topological polar surface area (TPSA) is 55.1 Å². The van der Waals surface area contributed by atoms with Gasteiger partial charge in [0.1, 0.15) is 0 Å². The number of halogens is 1. The SMILES string of the molecule is CCn1nc(C)cc1CSc1ccc(Cl)c(C(=O)O)c1. The number of hydrogen-bond donors (Lipinski definition) is 1. The number of carboxylic acid groups (broad SMARTS) is 1. The van der Waals surface area contributed by atoms with E-state index >= 15 is 0 Å². The highest BCUT2D eigenvalue weighted by Crippen LogP contribution is 2.27.